The Kier molecular flexibility index (Phi) is 5.52. The van der Waals surface area contributed by atoms with E-state index in [4.69, 9.17) is 0 Å². The Hall–Kier alpha value is -2.06. The lowest BCUT2D eigenvalue weighted by Crippen LogP contribution is -2.41. The highest BCUT2D eigenvalue weighted by Crippen LogP contribution is 2.20. The number of fused-ring (bicyclic) bond motifs is 1. The highest BCUT2D eigenvalue weighted by Gasteiger charge is 2.37. The number of hydrogen-bond donors (Lipinski definition) is 1. The molecule has 0 unspecified atom stereocenters. The van der Waals surface area contributed by atoms with E-state index in [1.54, 1.807) is 15.5 Å². The number of rotatable bonds is 6. The van der Waals surface area contributed by atoms with Gasteiger partial charge in [0.1, 0.15) is 12.0 Å². The third kappa shape index (κ3) is 3.57. The number of nitrogens with zero attached hydrogens (tertiary/aromatic N) is 6. The number of amides is 1. The van der Waals surface area contributed by atoms with E-state index in [0.29, 0.717) is 24.6 Å². The first-order chi connectivity index (χ1) is 12.4. The highest BCUT2D eigenvalue weighted by molar-refractivity contribution is 5.93. The van der Waals surface area contributed by atoms with E-state index in [0.717, 1.165) is 25.1 Å². The van der Waals surface area contributed by atoms with Crippen LogP contribution in [-0.2, 0) is 0 Å². The molecular weight excluding hydrogens is 332 g/mol. The van der Waals surface area contributed by atoms with Gasteiger partial charge in [0.05, 0.1) is 17.8 Å². The van der Waals surface area contributed by atoms with E-state index in [1.165, 1.54) is 6.33 Å². The second-order valence-electron chi connectivity index (χ2n) is 7.37. The standard InChI is InChI=1S/C18H28N6O2/c1-5-6-7-22(4)15-9-23(10-16(15)25)17(26)13-8-14(12(2)3)24-18(21-13)19-11-20-24/h8,11-12,15-16,25H,5-7,9-10H2,1-4H3/t15-,16-/m0/s1. The molecule has 0 radical (unpaired) electrons. The molecule has 8 nitrogen and oxygen atoms in total. The lowest BCUT2D eigenvalue weighted by atomic mass is 10.1. The summed E-state index contributed by atoms with van der Waals surface area (Å²) in [5.41, 5.74) is 1.26. The fourth-order valence-electron chi connectivity index (χ4n) is 3.46. The van der Waals surface area contributed by atoms with Crippen LogP contribution in [0.4, 0.5) is 0 Å². The van der Waals surface area contributed by atoms with Crippen molar-refractivity contribution in [1.82, 2.24) is 29.4 Å². The summed E-state index contributed by atoms with van der Waals surface area (Å²) in [6.45, 7) is 7.99. The van der Waals surface area contributed by atoms with Crippen molar-refractivity contribution in [2.75, 3.05) is 26.7 Å². The molecule has 26 heavy (non-hydrogen) atoms. The van der Waals surface area contributed by atoms with E-state index >= 15 is 0 Å². The zero-order chi connectivity index (χ0) is 18.8. The maximum absolute atomic E-state index is 13.0. The Morgan fingerprint density at radius 2 is 2.19 bits per heavy atom. The van der Waals surface area contributed by atoms with Crippen molar-refractivity contribution in [1.29, 1.82) is 0 Å². The van der Waals surface area contributed by atoms with Crippen LogP contribution in [0.3, 0.4) is 0 Å². The molecule has 8 heteroatoms. The Morgan fingerprint density at radius 1 is 1.42 bits per heavy atom. The molecule has 1 saturated heterocycles. The lowest BCUT2D eigenvalue weighted by Gasteiger charge is -2.26. The van der Waals surface area contributed by atoms with Gasteiger partial charge in [-0.1, -0.05) is 27.2 Å². The monoisotopic (exact) mass is 360 g/mol. The molecule has 2 aromatic heterocycles. The first kappa shape index (κ1) is 18.7. The van der Waals surface area contributed by atoms with E-state index < -0.39 is 6.10 Å². The van der Waals surface area contributed by atoms with Crippen LogP contribution < -0.4 is 0 Å². The van der Waals surface area contributed by atoms with Gasteiger partial charge in [0.15, 0.2) is 0 Å². The van der Waals surface area contributed by atoms with Crippen molar-refractivity contribution >= 4 is 11.7 Å². The molecule has 1 N–H and O–H groups in total. The number of likely N-dealkylation sites (tertiary alicyclic amines) is 1. The van der Waals surface area contributed by atoms with Gasteiger partial charge in [-0.25, -0.2) is 9.50 Å². The topological polar surface area (TPSA) is 86.9 Å². The number of carbonyl (C=O) groups is 1. The van der Waals surface area contributed by atoms with Gasteiger partial charge in [-0.2, -0.15) is 10.1 Å². The summed E-state index contributed by atoms with van der Waals surface area (Å²) in [5, 5.41) is 14.6. The molecule has 0 spiro atoms. The Labute approximate surface area is 153 Å². The summed E-state index contributed by atoms with van der Waals surface area (Å²) in [7, 11) is 2.01. The van der Waals surface area contributed by atoms with Gasteiger partial charge >= 0.3 is 0 Å². The quantitative estimate of drug-likeness (QED) is 0.832. The highest BCUT2D eigenvalue weighted by atomic mass is 16.3. The summed E-state index contributed by atoms with van der Waals surface area (Å²) in [6.07, 6.45) is 3.09. The average molecular weight is 360 g/mol. The van der Waals surface area contributed by atoms with Gasteiger partial charge in [0.2, 0.25) is 0 Å². The normalized spacial score (nSPS) is 20.7. The fraction of sp³-hybridized carbons (Fsp3) is 0.667. The zero-order valence-corrected chi connectivity index (χ0v) is 16.0. The molecule has 0 saturated carbocycles. The van der Waals surface area contributed by atoms with Crippen LogP contribution in [0.2, 0.25) is 0 Å². The van der Waals surface area contributed by atoms with Crippen molar-refractivity contribution in [2.45, 2.75) is 51.7 Å². The average Bonchev–Trinajstić information content (AvgIpc) is 3.24. The molecular formula is C18H28N6O2. The molecule has 142 valence electrons. The molecule has 2 atom stereocenters. The number of carbonyl (C=O) groups excluding carboxylic acids is 1. The van der Waals surface area contributed by atoms with Crippen LogP contribution in [0.15, 0.2) is 12.4 Å². The summed E-state index contributed by atoms with van der Waals surface area (Å²) < 4.78 is 1.67. The van der Waals surface area contributed by atoms with Gasteiger partial charge in [0, 0.05) is 13.1 Å². The van der Waals surface area contributed by atoms with Crippen molar-refractivity contribution in [3.63, 3.8) is 0 Å². The van der Waals surface area contributed by atoms with Gasteiger partial charge < -0.3 is 10.0 Å². The second kappa shape index (κ2) is 7.67. The minimum atomic E-state index is -0.540. The van der Waals surface area contributed by atoms with Gasteiger partial charge in [0.25, 0.3) is 11.7 Å². The minimum Gasteiger partial charge on any atom is -0.390 e. The van der Waals surface area contributed by atoms with Crippen LogP contribution in [0, 0.1) is 0 Å². The van der Waals surface area contributed by atoms with Crippen LogP contribution >= 0.6 is 0 Å². The van der Waals surface area contributed by atoms with Crippen molar-refractivity contribution in [3.8, 4) is 0 Å². The largest absolute Gasteiger partial charge is 0.390 e. The summed E-state index contributed by atoms with van der Waals surface area (Å²) >= 11 is 0. The van der Waals surface area contributed by atoms with Crippen LogP contribution in [-0.4, -0.2) is 79.2 Å². The maximum Gasteiger partial charge on any atom is 0.272 e. The first-order valence-corrected chi connectivity index (χ1v) is 9.30. The number of likely N-dealkylation sites (N-methyl/N-ethyl adjacent to an activating group) is 1. The molecule has 3 rings (SSSR count). The molecule has 0 aromatic carbocycles. The van der Waals surface area contributed by atoms with Crippen molar-refractivity contribution < 1.29 is 9.90 Å². The molecule has 0 bridgehead atoms. The number of aliphatic hydroxyl groups is 1. The Morgan fingerprint density at radius 3 is 2.88 bits per heavy atom. The number of aromatic nitrogens is 4. The minimum absolute atomic E-state index is 0.0353. The lowest BCUT2D eigenvalue weighted by molar-refractivity contribution is 0.0757. The number of aliphatic hydroxyl groups excluding tert-OH is 1. The summed E-state index contributed by atoms with van der Waals surface area (Å²) in [4.78, 5) is 25.3. The summed E-state index contributed by atoms with van der Waals surface area (Å²) in [5.74, 6) is 0.449. The smallest absolute Gasteiger partial charge is 0.272 e. The fourth-order valence-corrected chi connectivity index (χ4v) is 3.46. The summed E-state index contributed by atoms with van der Waals surface area (Å²) in [6, 6.07) is 1.75. The van der Waals surface area contributed by atoms with E-state index in [-0.39, 0.29) is 17.9 Å². The van der Waals surface area contributed by atoms with Crippen molar-refractivity contribution in [3.05, 3.63) is 23.8 Å². The van der Waals surface area contributed by atoms with Gasteiger partial charge in [-0.05, 0) is 32.0 Å². The molecule has 1 amide bonds. The van der Waals surface area contributed by atoms with E-state index in [2.05, 4.69) is 26.9 Å². The predicted octanol–water partition coefficient (Wildman–Crippen LogP) is 1.16. The number of β-amino-alcohol motifs (C(OH)–C–C–N with tert-alkyl or cyclic N) is 1. The second-order valence-corrected chi connectivity index (χ2v) is 7.37. The predicted molar refractivity (Wildman–Crippen MR) is 98.1 cm³/mol. The molecule has 0 aliphatic carbocycles. The molecule has 1 fully saturated rings. The van der Waals surface area contributed by atoms with Crippen LogP contribution in [0.1, 0.15) is 55.7 Å². The number of unbranched alkanes of at least 4 members (excludes halogenated alkanes) is 1. The van der Waals surface area contributed by atoms with E-state index in [9.17, 15) is 9.90 Å². The molecule has 1 aliphatic rings. The first-order valence-electron chi connectivity index (χ1n) is 9.30. The van der Waals surface area contributed by atoms with Gasteiger partial charge in [-0.15, -0.1) is 0 Å². The van der Waals surface area contributed by atoms with E-state index in [1.807, 2.05) is 20.9 Å². The molecule has 3 heterocycles. The maximum atomic E-state index is 13.0. The Balaban J connectivity index is 1.80. The molecule has 2 aromatic rings. The van der Waals surface area contributed by atoms with Crippen LogP contribution in [0.5, 0.6) is 0 Å². The molecule has 1 aliphatic heterocycles. The van der Waals surface area contributed by atoms with Crippen molar-refractivity contribution in [2.24, 2.45) is 0 Å². The van der Waals surface area contributed by atoms with Crippen LogP contribution in [0.25, 0.3) is 5.78 Å². The third-order valence-electron chi connectivity index (χ3n) is 5.07. The van der Waals surface area contributed by atoms with Gasteiger partial charge in [-0.3, -0.25) is 9.69 Å². The SMILES string of the molecule is CCCCN(C)[C@H]1CN(C(=O)c2cc(C(C)C)n3ncnc3n2)C[C@@H]1O. The number of hydrogen-bond acceptors (Lipinski definition) is 6. The Bertz CT molecular complexity index is 774. The zero-order valence-electron chi connectivity index (χ0n) is 16.0. The third-order valence-corrected chi connectivity index (χ3v) is 5.07.